The summed E-state index contributed by atoms with van der Waals surface area (Å²) >= 11 is 0. The van der Waals surface area contributed by atoms with Crippen molar-refractivity contribution in [3.8, 4) is 6.07 Å². The zero-order chi connectivity index (χ0) is 14.7. The van der Waals surface area contributed by atoms with Gasteiger partial charge in [0.2, 0.25) is 0 Å². The van der Waals surface area contributed by atoms with Crippen LogP contribution in [0.4, 0.5) is 11.4 Å². The molecule has 0 spiro atoms. The Morgan fingerprint density at radius 3 is 2.67 bits per heavy atom. The number of fused-ring (bicyclic) bond motifs is 1. The van der Waals surface area contributed by atoms with Crippen molar-refractivity contribution in [3.63, 3.8) is 0 Å². The van der Waals surface area contributed by atoms with E-state index in [1.165, 1.54) is 16.3 Å². The first-order valence-corrected chi connectivity index (χ1v) is 6.78. The lowest BCUT2D eigenvalue weighted by Crippen LogP contribution is -2.02. The number of anilines is 2. The minimum Gasteiger partial charge on any atom is -0.399 e. The molecule has 0 aliphatic carbocycles. The summed E-state index contributed by atoms with van der Waals surface area (Å²) in [5.41, 5.74) is 8.88. The van der Waals surface area contributed by atoms with Gasteiger partial charge in [-0.3, -0.25) is 0 Å². The number of nitrogens with one attached hydrogen (secondary N) is 1. The lowest BCUT2D eigenvalue weighted by atomic mass is 10.0. The molecular weight excluding hydrogens is 258 g/mol. The van der Waals surface area contributed by atoms with Crippen molar-refractivity contribution in [2.45, 2.75) is 6.54 Å². The fourth-order valence-corrected chi connectivity index (χ4v) is 2.45. The van der Waals surface area contributed by atoms with E-state index in [2.05, 4.69) is 35.7 Å². The SMILES string of the molecule is N#Cc1cc(N)ccc1NCc1cccc2ccccc12. The van der Waals surface area contributed by atoms with Gasteiger partial charge in [0.1, 0.15) is 6.07 Å². The molecule has 3 nitrogen and oxygen atoms in total. The highest BCUT2D eigenvalue weighted by Crippen LogP contribution is 2.22. The van der Waals surface area contributed by atoms with Gasteiger partial charge in [0, 0.05) is 12.2 Å². The predicted octanol–water partition coefficient (Wildman–Crippen LogP) is 3.91. The van der Waals surface area contributed by atoms with E-state index in [4.69, 9.17) is 11.0 Å². The topological polar surface area (TPSA) is 61.8 Å². The van der Waals surface area contributed by atoms with Crippen molar-refractivity contribution in [1.82, 2.24) is 0 Å². The molecule has 0 aliphatic heterocycles. The van der Waals surface area contributed by atoms with Crippen LogP contribution in [0.15, 0.2) is 60.7 Å². The molecule has 3 heteroatoms. The first kappa shape index (κ1) is 13.0. The summed E-state index contributed by atoms with van der Waals surface area (Å²) in [6.07, 6.45) is 0. The molecule has 0 bridgehead atoms. The van der Waals surface area contributed by atoms with Crippen LogP contribution in [0.3, 0.4) is 0 Å². The van der Waals surface area contributed by atoms with Crippen LogP contribution in [0, 0.1) is 11.3 Å². The van der Waals surface area contributed by atoms with Gasteiger partial charge in [-0.15, -0.1) is 0 Å². The Balaban J connectivity index is 1.89. The molecule has 3 N–H and O–H groups in total. The molecule has 0 aliphatic rings. The second-order valence-electron chi connectivity index (χ2n) is 4.91. The van der Waals surface area contributed by atoms with Crippen molar-refractivity contribution >= 4 is 22.1 Å². The smallest absolute Gasteiger partial charge is 0.101 e. The van der Waals surface area contributed by atoms with Crippen molar-refractivity contribution in [2.24, 2.45) is 0 Å². The molecule has 0 heterocycles. The van der Waals surface area contributed by atoms with Crippen LogP contribution in [0.25, 0.3) is 10.8 Å². The third-order valence-corrected chi connectivity index (χ3v) is 3.51. The van der Waals surface area contributed by atoms with Crippen molar-refractivity contribution in [1.29, 1.82) is 5.26 Å². The van der Waals surface area contributed by atoms with Crippen LogP contribution in [-0.2, 0) is 6.54 Å². The van der Waals surface area contributed by atoms with Gasteiger partial charge in [-0.05, 0) is 34.5 Å². The Kier molecular flexibility index (Phi) is 3.44. The maximum atomic E-state index is 9.17. The number of rotatable bonds is 3. The normalized spacial score (nSPS) is 10.2. The van der Waals surface area contributed by atoms with E-state index >= 15 is 0 Å². The highest BCUT2D eigenvalue weighted by molar-refractivity contribution is 5.85. The minimum atomic E-state index is 0.565. The first-order chi connectivity index (χ1) is 10.3. The summed E-state index contributed by atoms with van der Waals surface area (Å²) in [5.74, 6) is 0. The van der Waals surface area contributed by atoms with Crippen LogP contribution in [0.1, 0.15) is 11.1 Å². The molecule has 0 aromatic heterocycles. The molecule has 0 saturated heterocycles. The lowest BCUT2D eigenvalue weighted by molar-refractivity contribution is 1.16. The van der Waals surface area contributed by atoms with Crippen LogP contribution in [0.5, 0.6) is 0 Å². The minimum absolute atomic E-state index is 0.565. The number of nitrogen functional groups attached to an aromatic ring is 1. The Hall–Kier alpha value is -2.99. The number of benzene rings is 3. The van der Waals surface area contributed by atoms with E-state index in [0.29, 0.717) is 17.8 Å². The van der Waals surface area contributed by atoms with Crippen LogP contribution >= 0.6 is 0 Å². The van der Waals surface area contributed by atoms with Gasteiger partial charge in [0.25, 0.3) is 0 Å². The molecule has 3 aromatic rings. The number of nitrogens with two attached hydrogens (primary N) is 1. The van der Waals surface area contributed by atoms with Crippen LogP contribution in [0.2, 0.25) is 0 Å². The van der Waals surface area contributed by atoms with Crippen LogP contribution in [-0.4, -0.2) is 0 Å². The first-order valence-electron chi connectivity index (χ1n) is 6.78. The van der Waals surface area contributed by atoms with E-state index < -0.39 is 0 Å². The van der Waals surface area contributed by atoms with E-state index in [1.807, 2.05) is 24.3 Å². The van der Waals surface area contributed by atoms with Gasteiger partial charge < -0.3 is 11.1 Å². The third-order valence-electron chi connectivity index (χ3n) is 3.51. The zero-order valence-corrected chi connectivity index (χ0v) is 11.5. The van der Waals surface area contributed by atoms with Crippen molar-refractivity contribution in [3.05, 3.63) is 71.8 Å². The summed E-state index contributed by atoms with van der Waals surface area (Å²) < 4.78 is 0. The van der Waals surface area contributed by atoms with Gasteiger partial charge in [0.05, 0.1) is 11.3 Å². The fourth-order valence-electron chi connectivity index (χ4n) is 2.45. The van der Waals surface area contributed by atoms with Crippen molar-refractivity contribution < 1.29 is 0 Å². The molecule has 3 aromatic carbocycles. The van der Waals surface area contributed by atoms with E-state index in [-0.39, 0.29) is 0 Å². The molecule has 0 fully saturated rings. The van der Waals surface area contributed by atoms with Gasteiger partial charge in [0.15, 0.2) is 0 Å². The molecule has 21 heavy (non-hydrogen) atoms. The molecule has 102 valence electrons. The van der Waals surface area contributed by atoms with Crippen LogP contribution < -0.4 is 11.1 Å². The average Bonchev–Trinajstić information content (AvgIpc) is 2.53. The third kappa shape index (κ3) is 2.65. The molecule has 0 radical (unpaired) electrons. The van der Waals surface area contributed by atoms with Gasteiger partial charge in [-0.2, -0.15) is 5.26 Å². The second-order valence-corrected chi connectivity index (χ2v) is 4.91. The summed E-state index contributed by atoms with van der Waals surface area (Å²) in [5, 5.41) is 14.9. The number of nitriles is 1. The number of nitrogens with zero attached hydrogens (tertiary/aromatic N) is 1. The largest absolute Gasteiger partial charge is 0.399 e. The Morgan fingerprint density at radius 1 is 1.00 bits per heavy atom. The molecule has 3 rings (SSSR count). The molecular formula is C18H15N3. The van der Waals surface area contributed by atoms with E-state index in [9.17, 15) is 0 Å². The standard InChI is InChI=1S/C18H15N3/c19-11-15-10-16(20)8-9-18(15)21-12-14-6-3-5-13-4-1-2-7-17(13)14/h1-10,21H,12,20H2. The number of hydrogen-bond donors (Lipinski definition) is 2. The molecule has 0 saturated carbocycles. The summed E-state index contributed by atoms with van der Waals surface area (Å²) in [7, 11) is 0. The lowest BCUT2D eigenvalue weighted by Gasteiger charge is -2.11. The quantitative estimate of drug-likeness (QED) is 0.711. The maximum absolute atomic E-state index is 9.17. The molecule has 0 amide bonds. The molecule has 0 atom stereocenters. The summed E-state index contributed by atoms with van der Waals surface area (Å²) in [6.45, 7) is 0.667. The van der Waals surface area contributed by atoms with E-state index in [1.54, 1.807) is 12.1 Å². The predicted molar refractivity (Wildman–Crippen MR) is 86.8 cm³/mol. The second kappa shape index (κ2) is 5.56. The zero-order valence-electron chi connectivity index (χ0n) is 11.5. The highest BCUT2D eigenvalue weighted by atomic mass is 14.9. The molecule has 0 unspecified atom stereocenters. The van der Waals surface area contributed by atoms with E-state index in [0.717, 1.165) is 5.69 Å². The monoisotopic (exact) mass is 273 g/mol. The average molecular weight is 273 g/mol. The Morgan fingerprint density at radius 2 is 1.81 bits per heavy atom. The maximum Gasteiger partial charge on any atom is 0.101 e. The number of hydrogen-bond acceptors (Lipinski definition) is 3. The Bertz CT molecular complexity index is 826. The highest BCUT2D eigenvalue weighted by Gasteiger charge is 2.04. The fraction of sp³-hybridized carbons (Fsp3) is 0.0556. The summed E-state index contributed by atoms with van der Waals surface area (Å²) in [6, 6.07) is 22.0. The van der Waals surface area contributed by atoms with Gasteiger partial charge in [-0.1, -0.05) is 42.5 Å². The summed E-state index contributed by atoms with van der Waals surface area (Å²) in [4.78, 5) is 0. The van der Waals surface area contributed by atoms with Gasteiger partial charge >= 0.3 is 0 Å². The Labute approximate surface area is 123 Å². The van der Waals surface area contributed by atoms with Gasteiger partial charge in [-0.25, -0.2) is 0 Å². The van der Waals surface area contributed by atoms with Crippen molar-refractivity contribution in [2.75, 3.05) is 11.1 Å².